The van der Waals surface area contributed by atoms with Gasteiger partial charge in [0, 0.05) is 30.1 Å². The van der Waals surface area contributed by atoms with Crippen LogP contribution in [0.3, 0.4) is 0 Å². The first-order valence-corrected chi connectivity index (χ1v) is 11.0. The Balaban J connectivity index is 1.53. The summed E-state index contributed by atoms with van der Waals surface area (Å²) < 4.78 is 53.6. The van der Waals surface area contributed by atoms with Gasteiger partial charge in [0.25, 0.3) is 5.91 Å². The molecule has 4 rings (SSSR count). The summed E-state index contributed by atoms with van der Waals surface area (Å²) in [5, 5.41) is 5.18. The highest BCUT2D eigenvalue weighted by molar-refractivity contribution is 7.09. The van der Waals surface area contributed by atoms with Crippen molar-refractivity contribution in [3.05, 3.63) is 87.1 Å². The summed E-state index contributed by atoms with van der Waals surface area (Å²) in [7, 11) is 0. The number of benzene rings is 2. The fourth-order valence-electron chi connectivity index (χ4n) is 3.31. The fourth-order valence-corrected chi connectivity index (χ4v) is 4.12. The zero-order chi connectivity index (χ0) is 22.7. The van der Waals surface area contributed by atoms with Crippen LogP contribution in [0, 0.1) is 5.82 Å². The SMILES string of the molecule is O=C(NC1CC1)c1csc(CN(Cc2cccc(C(F)(F)F)c2)Cc2ccccc2F)n1. The number of thiazole rings is 1. The van der Waals surface area contributed by atoms with Crippen molar-refractivity contribution >= 4 is 17.2 Å². The molecule has 1 aliphatic carbocycles. The molecule has 1 saturated carbocycles. The first kappa shape index (κ1) is 22.4. The Labute approximate surface area is 186 Å². The van der Waals surface area contributed by atoms with Gasteiger partial charge in [-0.2, -0.15) is 13.2 Å². The number of amides is 1. The molecule has 1 N–H and O–H groups in total. The Hall–Kier alpha value is -2.78. The molecule has 9 heteroatoms. The van der Waals surface area contributed by atoms with Crippen LogP contribution in [-0.4, -0.2) is 21.8 Å². The lowest BCUT2D eigenvalue weighted by Crippen LogP contribution is -2.26. The molecule has 1 amide bonds. The standard InChI is InChI=1S/C23H21F4N3OS/c24-19-7-2-1-5-16(19)12-30(11-15-4-3-6-17(10-15)23(25,26)27)13-21-29-20(14-32-21)22(31)28-18-8-9-18/h1-7,10,14,18H,8-9,11-13H2,(H,28,31). The van der Waals surface area contributed by atoms with Gasteiger partial charge in [0.1, 0.15) is 16.5 Å². The van der Waals surface area contributed by atoms with Crippen molar-refractivity contribution in [2.75, 3.05) is 0 Å². The molecule has 1 aromatic heterocycles. The Morgan fingerprint density at radius 2 is 1.88 bits per heavy atom. The second-order valence-corrected chi connectivity index (χ2v) is 8.75. The van der Waals surface area contributed by atoms with Crippen molar-refractivity contribution in [1.82, 2.24) is 15.2 Å². The smallest absolute Gasteiger partial charge is 0.348 e. The third-order valence-corrected chi connectivity index (χ3v) is 5.90. The van der Waals surface area contributed by atoms with Gasteiger partial charge in [-0.3, -0.25) is 9.69 Å². The maximum Gasteiger partial charge on any atom is 0.416 e. The number of halogens is 4. The van der Waals surface area contributed by atoms with E-state index >= 15 is 0 Å². The summed E-state index contributed by atoms with van der Waals surface area (Å²) in [6.45, 7) is 0.624. The van der Waals surface area contributed by atoms with Crippen LogP contribution in [-0.2, 0) is 25.8 Å². The van der Waals surface area contributed by atoms with E-state index in [2.05, 4.69) is 10.3 Å². The highest BCUT2D eigenvalue weighted by atomic mass is 32.1. The van der Waals surface area contributed by atoms with E-state index in [1.165, 1.54) is 23.5 Å². The van der Waals surface area contributed by atoms with Crippen LogP contribution in [0.25, 0.3) is 0 Å². The number of alkyl halides is 3. The van der Waals surface area contributed by atoms with E-state index in [-0.39, 0.29) is 37.4 Å². The van der Waals surface area contributed by atoms with Crippen molar-refractivity contribution in [2.24, 2.45) is 0 Å². The molecule has 1 heterocycles. The quantitative estimate of drug-likeness (QED) is 0.456. The predicted octanol–water partition coefficient (Wildman–Crippen LogP) is 5.40. The van der Waals surface area contributed by atoms with Crippen LogP contribution < -0.4 is 5.32 Å². The molecule has 32 heavy (non-hydrogen) atoms. The molecular formula is C23H21F4N3OS. The van der Waals surface area contributed by atoms with Crippen LogP contribution >= 0.6 is 11.3 Å². The van der Waals surface area contributed by atoms with E-state index in [0.29, 0.717) is 21.8 Å². The van der Waals surface area contributed by atoms with Crippen LogP contribution in [0.1, 0.15) is 45.0 Å². The molecule has 0 spiro atoms. The number of nitrogens with zero attached hydrogens (tertiary/aromatic N) is 2. The van der Waals surface area contributed by atoms with E-state index in [1.807, 2.05) is 4.90 Å². The molecule has 0 aliphatic heterocycles. The molecule has 0 radical (unpaired) electrons. The van der Waals surface area contributed by atoms with Crippen molar-refractivity contribution in [2.45, 2.75) is 44.7 Å². The predicted molar refractivity (Wildman–Crippen MR) is 113 cm³/mol. The number of hydrogen-bond acceptors (Lipinski definition) is 4. The lowest BCUT2D eigenvalue weighted by Gasteiger charge is -2.22. The highest BCUT2D eigenvalue weighted by Crippen LogP contribution is 2.30. The number of carbonyl (C=O) groups excluding carboxylic acids is 1. The third kappa shape index (κ3) is 5.92. The lowest BCUT2D eigenvalue weighted by molar-refractivity contribution is -0.137. The second kappa shape index (κ2) is 9.38. The third-order valence-electron chi connectivity index (χ3n) is 5.07. The van der Waals surface area contributed by atoms with Crippen molar-refractivity contribution in [3.63, 3.8) is 0 Å². The minimum atomic E-state index is -4.44. The van der Waals surface area contributed by atoms with E-state index < -0.39 is 11.7 Å². The highest BCUT2D eigenvalue weighted by Gasteiger charge is 2.30. The van der Waals surface area contributed by atoms with Crippen molar-refractivity contribution < 1.29 is 22.4 Å². The molecule has 1 fully saturated rings. The molecule has 2 aromatic carbocycles. The number of carbonyl (C=O) groups is 1. The van der Waals surface area contributed by atoms with Crippen molar-refractivity contribution in [1.29, 1.82) is 0 Å². The monoisotopic (exact) mass is 463 g/mol. The zero-order valence-electron chi connectivity index (χ0n) is 17.0. The zero-order valence-corrected chi connectivity index (χ0v) is 17.8. The van der Waals surface area contributed by atoms with Crippen LogP contribution in [0.4, 0.5) is 17.6 Å². The molecule has 168 valence electrons. The van der Waals surface area contributed by atoms with Crippen LogP contribution in [0.5, 0.6) is 0 Å². The topological polar surface area (TPSA) is 45.2 Å². The summed E-state index contributed by atoms with van der Waals surface area (Å²) in [4.78, 5) is 18.4. The van der Waals surface area contributed by atoms with E-state index in [9.17, 15) is 22.4 Å². The van der Waals surface area contributed by atoms with Gasteiger partial charge in [-0.25, -0.2) is 9.37 Å². The molecule has 1 aliphatic rings. The van der Waals surface area contributed by atoms with Crippen molar-refractivity contribution in [3.8, 4) is 0 Å². The Bertz CT molecular complexity index is 1090. The Kier molecular flexibility index (Phi) is 6.57. The minimum Gasteiger partial charge on any atom is -0.348 e. The molecule has 0 bridgehead atoms. The summed E-state index contributed by atoms with van der Waals surface area (Å²) in [5.74, 6) is -0.612. The number of rotatable bonds is 8. The largest absolute Gasteiger partial charge is 0.416 e. The second-order valence-electron chi connectivity index (χ2n) is 7.81. The van der Waals surface area contributed by atoms with Gasteiger partial charge in [0.2, 0.25) is 0 Å². The van der Waals surface area contributed by atoms with Gasteiger partial charge in [-0.15, -0.1) is 11.3 Å². The molecule has 3 aromatic rings. The number of nitrogens with one attached hydrogen (secondary N) is 1. The van der Waals surface area contributed by atoms with Gasteiger partial charge in [0.05, 0.1) is 12.1 Å². The molecule has 0 atom stereocenters. The maximum atomic E-state index is 14.2. The van der Waals surface area contributed by atoms with Gasteiger partial charge in [0.15, 0.2) is 0 Å². The van der Waals surface area contributed by atoms with Gasteiger partial charge < -0.3 is 5.32 Å². The average molecular weight is 464 g/mol. The Morgan fingerprint density at radius 1 is 1.09 bits per heavy atom. The minimum absolute atomic E-state index is 0.168. The van der Waals surface area contributed by atoms with Crippen LogP contribution in [0.15, 0.2) is 53.9 Å². The number of hydrogen-bond donors (Lipinski definition) is 1. The summed E-state index contributed by atoms with van der Waals surface area (Å²) in [6.07, 6.45) is -2.50. The first-order valence-electron chi connectivity index (χ1n) is 10.1. The molecule has 4 nitrogen and oxygen atoms in total. The first-order chi connectivity index (χ1) is 15.3. The maximum absolute atomic E-state index is 14.2. The van der Waals surface area contributed by atoms with E-state index in [4.69, 9.17) is 0 Å². The van der Waals surface area contributed by atoms with Gasteiger partial charge in [-0.05, 0) is 30.5 Å². The number of aromatic nitrogens is 1. The van der Waals surface area contributed by atoms with E-state index in [1.54, 1.807) is 29.6 Å². The molecular weight excluding hydrogens is 442 g/mol. The van der Waals surface area contributed by atoms with E-state index in [0.717, 1.165) is 25.0 Å². The normalized spacial score (nSPS) is 14.0. The lowest BCUT2D eigenvalue weighted by atomic mass is 10.1. The Morgan fingerprint density at radius 3 is 2.59 bits per heavy atom. The summed E-state index contributed by atoms with van der Waals surface area (Å²) >= 11 is 1.30. The van der Waals surface area contributed by atoms with Gasteiger partial charge in [-0.1, -0.05) is 36.4 Å². The summed E-state index contributed by atoms with van der Waals surface area (Å²) in [5.41, 5.74) is 0.484. The average Bonchev–Trinajstić information content (AvgIpc) is 3.43. The molecule has 0 unspecified atom stereocenters. The fraction of sp³-hybridized carbons (Fsp3) is 0.304. The van der Waals surface area contributed by atoms with Crippen LogP contribution in [0.2, 0.25) is 0 Å². The van der Waals surface area contributed by atoms with Gasteiger partial charge >= 0.3 is 6.18 Å². The molecule has 0 saturated heterocycles. The summed E-state index contributed by atoms with van der Waals surface area (Å²) in [6, 6.07) is 11.6.